The summed E-state index contributed by atoms with van der Waals surface area (Å²) in [7, 11) is 0. The van der Waals surface area contributed by atoms with Crippen molar-refractivity contribution in [1.29, 1.82) is 0 Å². The number of nitrogens with zero attached hydrogens (tertiary/aromatic N) is 1. The Kier molecular flexibility index (Phi) is 9.27. The summed E-state index contributed by atoms with van der Waals surface area (Å²) in [5, 5.41) is 31.8. The average Bonchev–Trinajstić information content (AvgIpc) is 3.56. The Labute approximate surface area is 242 Å². The van der Waals surface area contributed by atoms with Gasteiger partial charge in [0.1, 0.15) is 18.1 Å². The number of benzene rings is 1. The number of aliphatic hydroxyl groups excluding tert-OH is 3. The summed E-state index contributed by atoms with van der Waals surface area (Å²) in [5.74, 6) is -0.738. The molecule has 3 aliphatic rings. The average molecular weight is 562 g/mol. The van der Waals surface area contributed by atoms with E-state index >= 15 is 0 Å². The van der Waals surface area contributed by atoms with Crippen molar-refractivity contribution < 1.29 is 29.3 Å². The maximum Gasteiger partial charge on any atom is 0.234 e. The Morgan fingerprint density at radius 1 is 1.02 bits per heavy atom. The summed E-state index contributed by atoms with van der Waals surface area (Å²) in [6, 6.07) is 13.4. The number of carbonyl (C=O) groups excluding carboxylic acids is 2. The molecule has 1 saturated heterocycles. The number of allylic oxidation sites excluding steroid dienone is 2. The molecule has 41 heavy (non-hydrogen) atoms. The molecule has 0 spiro atoms. The Morgan fingerprint density at radius 3 is 2.39 bits per heavy atom. The highest BCUT2D eigenvalue weighted by Crippen LogP contribution is 2.49. The predicted octanol–water partition coefficient (Wildman–Crippen LogP) is 5.35. The highest BCUT2D eigenvalue weighted by molar-refractivity contribution is 6.06. The summed E-state index contributed by atoms with van der Waals surface area (Å²) in [6.07, 6.45) is 7.33. The van der Waals surface area contributed by atoms with Gasteiger partial charge >= 0.3 is 0 Å². The fraction of sp³-hybridized carbons (Fsp3) is 0.529. The molecular formula is C34H43NO6. The van der Waals surface area contributed by atoms with Gasteiger partial charge in [-0.1, -0.05) is 69.0 Å². The van der Waals surface area contributed by atoms with Gasteiger partial charge in [-0.2, -0.15) is 0 Å². The number of aliphatic hydroxyl groups is 3. The van der Waals surface area contributed by atoms with Crippen LogP contribution in [0.15, 0.2) is 58.0 Å². The van der Waals surface area contributed by atoms with Crippen LogP contribution in [0.25, 0.3) is 11.6 Å². The standard InChI is InChI=1S/C34H43NO6/c1-21(2)27-18-28-32(34(40)35(33(28)39)24-11-7-4-8-12-24)29(20-37)31(27)30(38)16-13-23(22-9-5-3-6-10-22)17-25-14-15-26(19-36)41-25/h3,5-6,9-10,14-15,17,21,24,28-30,32,36-38H,4,7-8,11-13,16,18-20H2,1-2H3/b23-17-/t28-,29+,30-,32-/m1/s1. The zero-order chi connectivity index (χ0) is 29.1. The molecule has 1 saturated carbocycles. The lowest BCUT2D eigenvalue weighted by Crippen LogP contribution is -2.42. The van der Waals surface area contributed by atoms with Crippen molar-refractivity contribution in [2.45, 2.75) is 84.0 Å². The van der Waals surface area contributed by atoms with E-state index in [4.69, 9.17) is 4.42 Å². The van der Waals surface area contributed by atoms with E-state index in [9.17, 15) is 24.9 Å². The van der Waals surface area contributed by atoms with E-state index in [1.165, 1.54) is 4.90 Å². The first-order valence-corrected chi connectivity index (χ1v) is 15.2. The van der Waals surface area contributed by atoms with Gasteiger partial charge in [0.2, 0.25) is 11.8 Å². The van der Waals surface area contributed by atoms with Crippen LogP contribution in [-0.2, 0) is 16.2 Å². The molecule has 0 unspecified atom stereocenters. The Bertz CT molecular complexity index is 1290. The first-order chi connectivity index (χ1) is 19.8. The van der Waals surface area contributed by atoms with Crippen LogP contribution in [-0.4, -0.2) is 50.8 Å². The minimum Gasteiger partial charge on any atom is -0.459 e. The highest BCUT2D eigenvalue weighted by Gasteiger charge is 2.56. The number of imide groups is 1. The zero-order valence-corrected chi connectivity index (χ0v) is 24.2. The Balaban J connectivity index is 1.42. The van der Waals surface area contributed by atoms with Crippen LogP contribution in [0.1, 0.15) is 82.3 Å². The van der Waals surface area contributed by atoms with E-state index in [-0.39, 0.29) is 37.0 Å². The summed E-state index contributed by atoms with van der Waals surface area (Å²) in [5.41, 5.74) is 3.71. The van der Waals surface area contributed by atoms with Crippen LogP contribution < -0.4 is 0 Å². The van der Waals surface area contributed by atoms with Crippen molar-refractivity contribution >= 4 is 23.5 Å². The molecule has 1 aromatic heterocycles. The predicted molar refractivity (Wildman–Crippen MR) is 157 cm³/mol. The van der Waals surface area contributed by atoms with Gasteiger partial charge in [-0.3, -0.25) is 14.5 Å². The fourth-order valence-electron chi connectivity index (χ4n) is 7.30. The molecule has 2 fully saturated rings. The summed E-state index contributed by atoms with van der Waals surface area (Å²) in [4.78, 5) is 29.0. The smallest absolute Gasteiger partial charge is 0.234 e. The van der Waals surface area contributed by atoms with E-state index < -0.39 is 23.9 Å². The second kappa shape index (κ2) is 12.9. The molecule has 220 valence electrons. The lowest BCUT2D eigenvalue weighted by Gasteiger charge is -2.38. The first-order valence-electron chi connectivity index (χ1n) is 15.2. The highest BCUT2D eigenvalue weighted by atomic mass is 16.4. The molecule has 2 aliphatic carbocycles. The van der Waals surface area contributed by atoms with E-state index in [2.05, 4.69) is 13.8 Å². The lowest BCUT2D eigenvalue weighted by atomic mass is 9.66. The lowest BCUT2D eigenvalue weighted by molar-refractivity contribution is -0.143. The van der Waals surface area contributed by atoms with E-state index in [1.807, 2.05) is 42.5 Å². The van der Waals surface area contributed by atoms with Gasteiger partial charge in [0.15, 0.2) is 0 Å². The van der Waals surface area contributed by atoms with Gasteiger partial charge in [0.25, 0.3) is 0 Å². The van der Waals surface area contributed by atoms with Crippen molar-refractivity contribution in [3.05, 3.63) is 70.7 Å². The summed E-state index contributed by atoms with van der Waals surface area (Å²) >= 11 is 0. The molecule has 7 heteroatoms. The zero-order valence-electron chi connectivity index (χ0n) is 24.2. The maximum atomic E-state index is 13.8. The Morgan fingerprint density at radius 2 is 1.76 bits per heavy atom. The number of carbonyl (C=O) groups is 2. The third-order valence-corrected chi connectivity index (χ3v) is 9.33. The number of furan rings is 1. The topological polar surface area (TPSA) is 111 Å². The van der Waals surface area contributed by atoms with Crippen LogP contribution in [0, 0.1) is 23.7 Å². The van der Waals surface area contributed by atoms with Crippen LogP contribution in [0.5, 0.6) is 0 Å². The molecule has 0 radical (unpaired) electrons. The number of likely N-dealkylation sites (tertiary alicyclic amines) is 1. The monoisotopic (exact) mass is 561 g/mol. The van der Waals surface area contributed by atoms with Crippen LogP contribution in [0.4, 0.5) is 0 Å². The molecule has 5 rings (SSSR count). The first kappa shape index (κ1) is 29.5. The number of rotatable bonds is 10. The number of amides is 2. The molecule has 2 amide bonds. The van der Waals surface area contributed by atoms with Gasteiger partial charge in [-0.05, 0) is 72.9 Å². The van der Waals surface area contributed by atoms with Gasteiger partial charge in [0, 0.05) is 12.0 Å². The molecular weight excluding hydrogens is 518 g/mol. The van der Waals surface area contributed by atoms with E-state index in [0.717, 1.165) is 54.4 Å². The number of hydrogen-bond acceptors (Lipinski definition) is 6. The minimum atomic E-state index is -0.867. The van der Waals surface area contributed by atoms with Crippen LogP contribution in [0.2, 0.25) is 0 Å². The molecule has 1 aromatic carbocycles. The molecule has 7 nitrogen and oxygen atoms in total. The molecule has 4 atom stereocenters. The van der Waals surface area contributed by atoms with Crippen LogP contribution >= 0.6 is 0 Å². The van der Waals surface area contributed by atoms with Crippen molar-refractivity contribution in [3.63, 3.8) is 0 Å². The summed E-state index contributed by atoms with van der Waals surface area (Å²) < 4.78 is 5.71. The van der Waals surface area contributed by atoms with Crippen molar-refractivity contribution in [2.75, 3.05) is 6.61 Å². The molecule has 2 aromatic rings. The van der Waals surface area contributed by atoms with Gasteiger partial charge in [0.05, 0.1) is 24.5 Å². The largest absolute Gasteiger partial charge is 0.459 e. The SMILES string of the molecule is CC(C)C1=C([C@H](O)CC/C(=C/c2ccc(CO)o2)c2ccccc2)[C@H](CO)[C@@H]2C(=O)N(C3CCCCC3)C(=O)[C@@H]2C1. The van der Waals surface area contributed by atoms with Crippen molar-refractivity contribution in [3.8, 4) is 0 Å². The molecule has 2 heterocycles. The second-order valence-corrected chi connectivity index (χ2v) is 12.2. The van der Waals surface area contributed by atoms with Crippen LogP contribution in [0.3, 0.4) is 0 Å². The second-order valence-electron chi connectivity index (χ2n) is 12.2. The van der Waals surface area contributed by atoms with Crippen molar-refractivity contribution in [2.24, 2.45) is 23.7 Å². The molecule has 1 aliphatic heterocycles. The van der Waals surface area contributed by atoms with E-state index in [0.29, 0.717) is 30.8 Å². The van der Waals surface area contributed by atoms with Crippen molar-refractivity contribution in [1.82, 2.24) is 4.90 Å². The molecule has 0 bridgehead atoms. The minimum absolute atomic E-state index is 0.0453. The van der Waals surface area contributed by atoms with Gasteiger partial charge < -0.3 is 19.7 Å². The maximum absolute atomic E-state index is 13.8. The number of fused-ring (bicyclic) bond motifs is 1. The van der Waals surface area contributed by atoms with Gasteiger partial charge in [-0.25, -0.2) is 0 Å². The quantitative estimate of drug-likeness (QED) is 0.266. The van der Waals surface area contributed by atoms with E-state index in [1.54, 1.807) is 6.07 Å². The fourth-order valence-corrected chi connectivity index (χ4v) is 7.30. The third-order valence-electron chi connectivity index (χ3n) is 9.33. The number of hydrogen-bond donors (Lipinski definition) is 3. The van der Waals surface area contributed by atoms with Gasteiger partial charge in [-0.15, -0.1) is 0 Å². The normalized spacial score (nSPS) is 24.9. The third kappa shape index (κ3) is 5.99. The summed E-state index contributed by atoms with van der Waals surface area (Å²) in [6.45, 7) is 3.66. The Hall–Kier alpha value is -3.00. The molecule has 3 N–H and O–H groups in total.